The smallest absolute Gasteiger partial charge is 0.278 e. The number of para-hydroxylation sites is 1. The highest BCUT2D eigenvalue weighted by Crippen LogP contribution is 2.25. The Balaban J connectivity index is 1.78. The van der Waals surface area contributed by atoms with E-state index < -0.39 is 0 Å². The first-order valence-electron chi connectivity index (χ1n) is 8.48. The highest BCUT2D eigenvalue weighted by atomic mass is 16.5. The van der Waals surface area contributed by atoms with Gasteiger partial charge in [0, 0.05) is 5.69 Å². The number of aryl methyl sites for hydroxylation is 4. The number of benzene rings is 2. The molecule has 1 aromatic heterocycles. The number of ether oxygens (including phenoxy) is 1. The molecule has 0 saturated heterocycles. The molecule has 0 saturated carbocycles. The van der Waals surface area contributed by atoms with E-state index >= 15 is 0 Å². The van der Waals surface area contributed by atoms with E-state index in [9.17, 15) is 4.79 Å². The molecular weight excluding hydrogens is 328 g/mol. The molecule has 0 radical (unpaired) electrons. The highest BCUT2D eigenvalue weighted by molar-refractivity contribution is 6.03. The molecule has 2 aromatic carbocycles. The molecule has 0 fully saturated rings. The first-order chi connectivity index (χ1) is 12.5. The van der Waals surface area contributed by atoms with Gasteiger partial charge >= 0.3 is 0 Å². The molecule has 1 amide bonds. The SMILES string of the molecule is Cc1ccc(NC(=O)c2noc(C)c2COc2c(C)cccc2C)cc1. The van der Waals surface area contributed by atoms with Gasteiger partial charge in [-0.2, -0.15) is 0 Å². The second kappa shape index (κ2) is 7.44. The largest absolute Gasteiger partial charge is 0.488 e. The fourth-order valence-corrected chi connectivity index (χ4v) is 2.74. The molecule has 0 spiro atoms. The maximum absolute atomic E-state index is 12.6. The zero-order valence-corrected chi connectivity index (χ0v) is 15.4. The molecular formula is C21H22N2O3. The summed E-state index contributed by atoms with van der Waals surface area (Å²) in [4.78, 5) is 12.6. The van der Waals surface area contributed by atoms with Crippen molar-refractivity contribution in [2.75, 3.05) is 5.32 Å². The van der Waals surface area contributed by atoms with Gasteiger partial charge < -0.3 is 14.6 Å². The molecule has 3 rings (SSSR count). The fraction of sp³-hybridized carbons (Fsp3) is 0.238. The van der Waals surface area contributed by atoms with Crippen LogP contribution in [-0.2, 0) is 6.61 Å². The third-order valence-corrected chi connectivity index (χ3v) is 4.28. The van der Waals surface area contributed by atoms with Gasteiger partial charge in [-0.05, 0) is 51.0 Å². The average Bonchev–Trinajstić information content (AvgIpc) is 2.97. The van der Waals surface area contributed by atoms with E-state index in [1.54, 1.807) is 6.92 Å². The minimum absolute atomic E-state index is 0.220. The molecule has 0 aliphatic heterocycles. The molecule has 1 heterocycles. The first-order valence-corrected chi connectivity index (χ1v) is 8.48. The Kier molecular flexibility index (Phi) is 5.07. The van der Waals surface area contributed by atoms with E-state index in [0.29, 0.717) is 17.0 Å². The lowest BCUT2D eigenvalue weighted by atomic mass is 10.1. The standard InChI is InChI=1S/C21H22N2O3/c1-13-8-10-17(11-9-13)22-21(24)19-18(16(4)26-23-19)12-25-20-14(2)6-5-7-15(20)3/h5-11H,12H2,1-4H3,(H,22,24). The third kappa shape index (κ3) is 3.77. The van der Waals surface area contributed by atoms with Gasteiger partial charge in [-0.25, -0.2) is 0 Å². The Morgan fingerprint density at radius 1 is 1.04 bits per heavy atom. The maximum Gasteiger partial charge on any atom is 0.278 e. The van der Waals surface area contributed by atoms with Crippen molar-refractivity contribution in [3.63, 3.8) is 0 Å². The summed E-state index contributed by atoms with van der Waals surface area (Å²) < 4.78 is 11.2. The van der Waals surface area contributed by atoms with E-state index in [1.807, 2.05) is 63.2 Å². The van der Waals surface area contributed by atoms with Crippen LogP contribution in [0.15, 0.2) is 47.0 Å². The Bertz CT molecular complexity index is 907. The van der Waals surface area contributed by atoms with Crippen molar-refractivity contribution < 1.29 is 14.1 Å². The van der Waals surface area contributed by atoms with Crippen LogP contribution in [0, 0.1) is 27.7 Å². The zero-order valence-electron chi connectivity index (χ0n) is 15.4. The molecule has 0 atom stereocenters. The van der Waals surface area contributed by atoms with Gasteiger partial charge in [0.2, 0.25) is 0 Å². The molecule has 5 nitrogen and oxygen atoms in total. The van der Waals surface area contributed by atoms with Crippen molar-refractivity contribution in [1.82, 2.24) is 5.16 Å². The molecule has 3 aromatic rings. The number of carbonyl (C=O) groups excluding carboxylic acids is 1. The minimum atomic E-state index is -0.314. The molecule has 1 N–H and O–H groups in total. The summed E-state index contributed by atoms with van der Waals surface area (Å²) in [6.07, 6.45) is 0. The number of anilines is 1. The number of aromatic nitrogens is 1. The van der Waals surface area contributed by atoms with E-state index in [2.05, 4.69) is 10.5 Å². The second-order valence-electron chi connectivity index (χ2n) is 6.40. The minimum Gasteiger partial charge on any atom is -0.488 e. The monoisotopic (exact) mass is 350 g/mol. The van der Waals surface area contributed by atoms with Crippen LogP contribution in [0.1, 0.15) is 38.5 Å². The van der Waals surface area contributed by atoms with Crippen molar-refractivity contribution in [3.8, 4) is 5.75 Å². The molecule has 5 heteroatoms. The number of rotatable bonds is 5. The predicted octanol–water partition coefficient (Wildman–Crippen LogP) is 4.74. The van der Waals surface area contributed by atoms with Gasteiger partial charge in [-0.1, -0.05) is 41.1 Å². The lowest BCUT2D eigenvalue weighted by Crippen LogP contribution is -2.15. The fourth-order valence-electron chi connectivity index (χ4n) is 2.74. The highest BCUT2D eigenvalue weighted by Gasteiger charge is 2.21. The van der Waals surface area contributed by atoms with E-state index in [0.717, 1.165) is 22.4 Å². The summed E-state index contributed by atoms with van der Waals surface area (Å²) in [7, 11) is 0. The van der Waals surface area contributed by atoms with Crippen LogP contribution in [-0.4, -0.2) is 11.1 Å². The lowest BCUT2D eigenvalue weighted by molar-refractivity contribution is 0.101. The third-order valence-electron chi connectivity index (χ3n) is 4.28. The summed E-state index contributed by atoms with van der Waals surface area (Å²) in [5, 5.41) is 6.76. The van der Waals surface area contributed by atoms with Crippen molar-refractivity contribution in [1.29, 1.82) is 0 Å². The van der Waals surface area contributed by atoms with Crippen molar-refractivity contribution >= 4 is 11.6 Å². The van der Waals surface area contributed by atoms with Crippen LogP contribution in [0.5, 0.6) is 5.75 Å². The van der Waals surface area contributed by atoms with Crippen LogP contribution in [0.25, 0.3) is 0 Å². The molecule has 0 aliphatic carbocycles. The number of carbonyl (C=O) groups is 1. The summed E-state index contributed by atoms with van der Waals surface area (Å²) in [6, 6.07) is 13.6. The number of hydrogen-bond acceptors (Lipinski definition) is 4. The maximum atomic E-state index is 12.6. The van der Waals surface area contributed by atoms with Gasteiger partial charge in [0.05, 0.1) is 5.56 Å². The van der Waals surface area contributed by atoms with Gasteiger partial charge in [-0.3, -0.25) is 4.79 Å². The van der Waals surface area contributed by atoms with Crippen LogP contribution in [0.3, 0.4) is 0 Å². The number of nitrogens with zero attached hydrogens (tertiary/aromatic N) is 1. The van der Waals surface area contributed by atoms with Crippen LogP contribution in [0.2, 0.25) is 0 Å². The van der Waals surface area contributed by atoms with Gasteiger partial charge in [0.1, 0.15) is 18.1 Å². The number of amides is 1. The van der Waals surface area contributed by atoms with Crippen molar-refractivity contribution in [2.24, 2.45) is 0 Å². The Labute approximate surface area is 153 Å². The molecule has 0 aliphatic rings. The van der Waals surface area contributed by atoms with Crippen LogP contribution >= 0.6 is 0 Å². The van der Waals surface area contributed by atoms with Gasteiger partial charge in [0.15, 0.2) is 5.69 Å². The summed E-state index contributed by atoms with van der Waals surface area (Å²) in [6.45, 7) is 7.98. The first kappa shape index (κ1) is 17.7. The Morgan fingerprint density at radius 2 is 1.69 bits per heavy atom. The average molecular weight is 350 g/mol. The topological polar surface area (TPSA) is 64.4 Å². The van der Waals surface area contributed by atoms with Crippen LogP contribution < -0.4 is 10.1 Å². The lowest BCUT2D eigenvalue weighted by Gasteiger charge is -2.12. The summed E-state index contributed by atoms with van der Waals surface area (Å²) >= 11 is 0. The molecule has 0 bridgehead atoms. The van der Waals surface area contributed by atoms with Crippen molar-refractivity contribution in [3.05, 3.63) is 76.2 Å². The van der Waals surface area contributed by atoms with Crippen LogP contribution in [0.4, 0.5) is 5.69 Å². The number of nitrogens with one attached hydrogen (secondary N) is 1. The molecule has 26 heavy (non-hydrogen) atoms. The van der Waals surface area contributed by atoms with E-state index in [1.165, 1.54) is 0 Å². The van der Waals surface area contributed by atoms with E-state index in [-0.39, 0.29) is 18.2 Å². The Morgan fingerprint density at radius 3 is 2.35 bits per heavy atom. The molecule has 134 valence electrons. The molecule has 0 unspecified atom stereocenters. The Hall–Kier alpha value is -3.08. The van der Waals surface area contributed by atoms with E-state index in [4.69, 9.17) is 9.26 Å². The normalized spacial score (nSPS) is 10.6. The predicted molar refractivity (Wildman–Crippen MR) is 101 cm³/mol. The quantitative estimate of drug-likeness (QED) is 0.722. The van der Waals surface area contributed by atoms with Crippen molar-refractivity contribution in [2.45, 2.75) is 34.3 Å². The summed E-state index contributed by atoms with van der Waals surface area (Å²) in [5.41, 5.74) is 4.83. The second-order valence-corrected chi connectivity index (χ2v) is 6.40. The van der Waals surface area contributed by atoms with Gasteiger partial charge in [-0.15, -0.1) is 0 Å². The van der Waals surface area contributed by atoms with Gasteiger partial charge in [0.25, 0.3) is 5.91 Å². The number of hydrogen-bond donors (Lipinski definition) is 1. The summed E-state index contributed by atoms with van der Waals surface area (Å²) in [5.74, 6) is 1.08. The zero-order chi connectivity index (χ0) is 18.7.